The molecule has 0 aliphatic heterocycles. The zero-order valence-electron chi connectivity index (χ0n) is 7.24. The van der Waals surface area contributed by atoms with Gasteiger partial charge in [0.15, 0.2) is 0 Å². The molecule has 0 unspecified atom stereocenters. The number of allylic oxidation sites excluding steroid dienone is 1. The number of hydrogen-bond donors (Lipinski definition) is 1. The minimum atomic E-state index is 0.272. The molecule has 1 rings (SSSR count). The maximum Gasteiger partial charge on any atom is 0.122 e. The number of methoxy groups -OCH3 is 1. The van der Waals surface area contributed by atoms with Gasteiger partial charge in [0.25, 0.3) is 0 Å². The Balaban J connectivity index is 2.96. The number of para-hydroxylation sites is 1. The molecule has 0 saturated heterocycles. The maximum absolute atomic E-state index is 9.35. The first-order chi connectivity index (χ1) is 5.74. The number of ether oxygens (including phenoxy) is 1. The molecule has 0 fully saturated rings. The second kappa shape index (κ2) is 3.81. The SMILES string of the molecule is CO/C(C)=C\c1ccccc1O. The molecule has 0 atom stereocenters. The molecular formula is C10H12O2. The van der Waals surface area contributed by atoms with E-state index in [1.807, 2.05) is 19.1 Å². The van der Waals surface area contributed by atoms with Crippen molar-refractivity contribution in [1.82, 2.24) is 0 Å². The van der Waals surface area contributed by atoms with Crippen LogP contribution in [0.5, 0.6) is 5.75 Å². The summed E-state index contributed by atoms with van der Waals surface area (Å²) < 4.78 is 4.96. The molecule has 1 aromatic rings. The summed E-state index contributed by atoms with van der Waals surface area (Å²) in [5, 5.41) is 9.35. The molecule has 0 aliphatic carbocycles. The van der Waals surface area contributed by atoms with Crippen molar-refractivity contribution in [3.63, 3.8) is 0 Å². The molecular weight excluding hydrogens is 152 g/mol. The Hall–Kier alpha value is -1.44. The van der Waals surface area contributed by atoms with E-state index in [1.54, 1.807) is 25.3 Å². The summed E-state index contributed by atoms with van der Waals surface area (Å²) in [6.45, 7) is 1.84. The van der Waals surface area contributed by atoms with Crippen LogP contribution < -0.4 is 0 Å². The monoisotopic (exact) mass is 164 g/mol. The Bertz CT molecular complexity index is 290. The predicted octanol–water partition coefficient (Wildman–Crippen LogP) is 2.40. The zero-order valence-corrected chi connectivity index (χ0v) is 7.24. The van der Waals surface area contributed by atoms with Gasteiger partial charge in [-0.1, -0.05) is 18.2 Å². The van der Waals surface area contributed by atoms with Crippen LogP contribution in [-0.4, -0.2) is 12.2 Å². The van der Waals surface area contributed by atoms with E-state index in [0.717, 1.165) is 11.3 Å². The van der Waals surface area contributed by atoms with Crippen LogP contribution in [0.25, 0.3) is 6.08 Å². The van der Waals surface area contributed by atoms with E-state index in [1.165, 1.54) is 0 Å². The summed E-state index contributed by atoms with van der Waals surface area (Å²) in [5.41, 5.74) is 0.775. The van der Waals surface area contributed by atoms with Gasteiger partial charge in [-0.2, -0.15) is 0 Å². The van der Waals surface area contributed by atoms with E-state index >= 15 is 0 Å². The number of rotatable bonds is 2. The first-order valence-corrected chi connectivity index (χ1v) is 3.74. The van der Waals surface area contributed by atoms with Crippen LogP contribution in [0.4, 0.5) is 0 Å². The third-order valence-electron chi connectivity index (χ3n) is 1.62. The summed E-state index contributed by atoms with van der Waals surface area (Å²) in [6, 6.07) is 7.13. The Morgan fingerprint density at radius 2 is 2.08 bits per heavy atom. The van der Waals surface area contributed by atoms with Gasteiger partial charge in [0.2, 0.25) is 0 Å². The summed E-state index contributed by atoms with van der Waals surface area (Å²) in [5.74, 6) is 1.05. The summed E-state index contributed by atoms with van der Waals surface area (Å²) in [6.07, 6.45) is 1.79. The van der Waals surface area contributed by atoms with Crippen molar-refractivity contribution in [2.24, 2.45) is 0 Å². The van der Waals surface area contributed by atoms with Gasteiger partial charge < -0.3 is 9.84 Å². The van der Waals surface area contributed by atoms with Gasteiger partial charge in [0.05, 0.1) is 12.9 Å². The van der Waals surface area contributed by atoms with Crippen molar-refractivity contribution in [3.8, 4) is 5.75 Å². The Labute approximate surface area is 72.1 Å². The van der Waals surface area contributed by atoms with Gasteiger partial charge in [-0.15, -0.1) is 0 Å². The molecule has 0 aliphatic rings. The minimum absolute atomic E-state index is 0.272. The van der Waals surface area contributed by atoms with Gasteiger partial charge in [0.1, 0.15) is 5.75 Å². The van der Waals surface area contributed by atoms with Gasteiger partial charge in [-0.3, -0.25) is 0 Å². The highest BCUT2D eigenvalue weighted by atomic mass is 16.5. The predicted molar refractivity (Wildman–Crippen MR) is 48.8 cm³/mol. The van der Waals surface area contributed by atoms with Gasteiger partial charge in [0, 0.05) is 5.56 Å². The van der Waals surface area contributed by atoms with Gasteiger partial charge in [-0.25, -0.2) is 0 Å². The highest BCUT2D eigenvalue weighted by Crippen LogP contribution is 2.18. The quantitative estimate of drug-likeness (QED) is 0.680. The average Bonchev–Trinajstić information content (AvgIpc) is 2.09. The normalized spacial score (nSPS) is 11.3. The van der Waals surface area contributed by atoms with Crippen molar-refractivity contribution >= 4 is 6.08 Å². The van der Waals surface area contributed by atoms with E-state index in [-0.39, 0.29) is 5.75 Å². The van der Waals surface area contributed by atoms with Crippen LogP contribution in [0, 0.1) is 0 Å². The Morgan fingerprint density at radius 1 is 1.42 bits per heavy atom. The number of hydrogen-bond acceptors (Lipinski definition) is 2. The van der Waals surface area contributed by atoms with Crippen LogP contribution in [0.15, 0.2) is 30.0 Å². The number of phenolic OH excluding ortho intramolecular Hbond substituents is 1. The summed E-state index contributed by atoms with van der Waals surface area (Å²) >= 11 is 0. The van der Waals surface area contributed by atoms with E-state index in [2.05, 4.69) is 0 Å². The van der Waals surface area contributed by atoms with Gasteiger partial charge >= 0.3 is 0 Å². The fraction of sp³-hybridized carbons (Fsp3) is 0.200. The first kappa shape index (κ1) is 8.65. The van der Waals surface area contributed by atoms with E-state index in [0.29, 0.717) is 0 Å². The third kappa shape index (κ3) is 2.02. The second-order valence-corrected chi connectivity index (χ2v) is 2.52. The molecule has 0 heterocycles. The number of aromatic hydroxyl groups is 1. The molecule has 0 aromatic heterocycles. The lowest BCUT2D eigenvalue weighted by Crippen LogP contribution is -1.80. The van der Waals surface area contributed by atoms with Crippen molar-refractivity contribution in [1.29, 1.82) is 0 Å². The Morgan fingerprint density at radius 3 is 2.67 bits per heavy atom. The molecule has 2 nitrogen and oxygen atoms in total. The molecule has 1 N–H and O–H groups in total. The topological polar surface area (TPSA) is 29.5 Å². The van der Waals surface area contributed by atoms with Crippen molar-refractivity contribution in [2.45, 2.75) is 6.92 Å². The molecule has 64 valence electrons. The van der Waals surface area contributed by atoms with Crippen molar-refractivity contribution in [3.05, 3.63) is 35.6 Å². The zero-order chi connectivity index (χ0) is 8.97. The van der Waals surface area contributed by atoms with Crippen LogP contribution in [0.3, 0.4) is 0 Å². The molecule has 0 spiro atoms. The standard InChI is InChI=1S/C10H12O2/c1-8(12-2)7-9-5-3-4-6-10(9)11/h3-7,11H,1-2H3/b8-7-. The van der Waals surface area contributed by atoms with Crippen LogP contribution in [0.1, 0.15) is 12.5 Å². The maximum atomic E-state index is 9.35. The highest BCUT2D eigenvalue weighted by molar-refractivity contribution is 5.57. The van der Waals surface area contributed by atoms with Crippen molar-refractivity contribution in [2.75, 3.05) is 7.11 Å². The van der Waals surface area contributed by atoms with E-state index in [9.17, 15) is 5.11 Å². The molecule has 0 radical (unpaired) electrons. The molecule has 2 heteroatoms. The highest BCUT2D eigenvalue weighted by Gasteiger charge is 1.95. The lowest BCUT2D eigenvalue weighted by Gasteiger charge is -2.00. The summed E-state index contributed by atoms with van der Waals surface area (Å²) in [7, 11) is 1.60. The second-order valence-electron chi connectivity index (χ2n) is 2.52. The first-order valence-electron chi connectivity index (χ1n) is 3.74. The van der Waals surface area contributed by atoms with Crippen LogP contribution in [0.2, 0.25) is 0 Å². The third-order valence-corrected chi connectivity index (χ3v) is 1.62. The van der Waals surface area contributed by atoms with Crippen LogP contribution in [-0.2, 0) is 4.74 Å². The molecule has 12 heavy (non-hydrogen) atoms. The minimum Gasteiger partial charge on any atom is -0.507 e. The van der Waals surface area contributed by atoms with Crippen LogP contribution >= 0.6 is 0 Å². The molecule has 1 aromatic carbocycles. The van der Waals surface area contributed by atoms with Crippen molar-refractivity contribution < 1.29 is 9.84 Å². The molecule has 0 saturated carbocycles. The molecule has 0 amide bonds. The van der Waals surface area contributed by atoms with E-state index in [4.69, 9.17) is 4.74 Å². The largest absolute Gasteiger partial charge is 0.507 e. The number of phenols is 1. The fourth-order valence-corrected chi connectivity index (χ4v) is 0.887. The summed E-state index contributed by atoms with van der Waals surface area (Å²) in [4.78, 5) is 0. The number of benzene rings is 1. The average molecular weight is 164 g/mol. The molecule has 0 bridgehead atoms. The fourth-order valence-electron chi connectivity index (χ4n) is 0.887. The Kier molecular flexibility index (Phi) is 2.75. The smallest absolute Gasteiger partial charge is 0.122 e. The lowest BCUT2D eigenvalue weighted by molar-refractivity contribution is 0.297. The lowest BCUT2D eigenvalue weighted by atomic mass is 10.2. The van der Waals surface area contributed by atoms with E-state index < -0.39 is 0 Å². The van der Waals surface area contributed by atoms with Gasteiger partial charge in [-0.05, 0) is 19.1 Å².